The van der Waals surface area contributed by atoms with Gasteiger partial charge in [-0.05, 0) is 49.4 Å². The Balaban J connectivity index is 1.77. The fraction of sp³-hybridized carbons (Fsp3) is 0.611. The molecule has 2 unspecified atom stereocenters. The highest BCUT2D eigenvalue weighted by molar-refractivity contribution is 5.81. The van der Waals surface area contributed by atoms with Crippen molar-refractivity contribution >= 4 is 5.78 Å². The van der Waals surface area contributed by atoms with Crippen LogP contribution in [0.25, 0.3) is 0 Å². The van der Waals surface area contributed by atoms with Gasteiger partial charge in [0, 0.05) is 12.3 Å². The van der Waals surface area contributed by atoms with E-state index in [0.29, 0.717) is 12.4 Å². The molecule has 0 amide bonds. The predicted octanol–water partition coefficient (Wildman–Crippen LogP) is 4.25. The maximum absolute atomic E-state index is 12.0. The second kappa shape index (κ2) is 8.06. The van der Waals surface area contributed by atoms with Gasteiger partial charge in [0.2, 0.25) is 0 Å². The minimum Gasteiger partial charge on any atom is -0.497 e. The summed E-state index contributed by atoms with van der Waals surface area (Å²) < 4.78 is 10.9. The molecule has 0 bridgehead atoms. The highest BCUT2D eigenvalue weighted by atomic mass is 16.5. The maximum atomic E-state index is 12.0. The van der Waals surface area contributed by atoms with Crippen LogP contribution in [0.3, 0.4) is 0 Å². The van der Waals surface area contributed by atoms with Crippen LogP contribution in [-0.4, -0.2) is 19.5 Å². The minimum atomic E-state index is 0.202. The molecular formula is C18H26O3. The summed E-state index contributed by atoms with van der Waals surface area (Å²) in [5.74, 6) is 3.03. The average Bonchev–Trinajstić information content (AvgIpc) is 2.51. The number of benzene rings is 1. The first-order chi connectivity index (χ1) is 10.2. The van der Waals surface area contributed by atoms with Crippen LogP contribution in [-0.2, 0) is 4.79 Å². The molecule has 0 spiro atoms. The van der Waals surface area contributed by atoms with Crippen LogP contribution >= 0.6 is 0 Å². The molecule has 0 saturated heterocycles. The van der Waals surface area contributed by atoms with Crippen LogP contribution in [0.4, 0.5) is 0 Å². The number of carbonyl (C=O) groups is 1. The number of hydrogen-bond donors (Lipinski definition) is 0. The highest BCUT2D eigenvalue weighted by Crippen LogP contribution is 2.31. The number of carbonyl (C=O) groups excluding carboxylic acids is 1. The van der Waals surface area contributed by atoms with Crippen molar-refractivity contribution in [2.45, 2.75) is 45.4 Å². The van der Waals surface area contributed by atoms with Gasteiger partial charge in [0.1, 0.15) is 17.3 Å². The van der Waals surface area contributed by atoms with Crippen molar-refractivity contribution in [2.24, 2.45) is 11.8 Å². The standard InChI is InChI=1S/C18H26O3/c1-3-4-14-5-10-18(19)15(13-14)11-12-21-17-8-6-16(20-2)7-9-17/h6-9,14-15H,3-5,10-13H2,1-2H3. The second-order valence-corrected chi connectivity index (χ2v) is 5.90. The Kier molecular flexibility index (Phi) is 6.09. The maximum Gasteiger partial charge on any atom is 0.136 e. The van der Waals surface area contributed by atoms with Gasteiger partial charge in [-0.2, -0.15) is 0 Å². The molecule has 2 atom stereocenters. The molecule has 1 saturated carbocycles. The lowest BCUT2D eigenvalue weighted by Crippen LogP contribution is -2.26. The average molecular weight is 290 g/mol. The third-order valence-corrected chi connectivity index (χ3v) is 4.36. The van der Waals surface area contributed by atoms with E-state index in [0.717, 1.165) is 43.1 Å². The predicted molar refractivity (Wildman–Crippen MR) is 83.9 cm³/mol. The molecule has 2 rings (SSSR count). The van der Waals surface area contributed by atoms with Crippen molar-refractivity contribution in [2.75, 3.05) is 13.7 Å². The first kappa shape index (κ1) is 15.9. The Labute approximate surface area is 127 Å². The molecule has 1 aromatic rings. The summed E-state index contributed by atoms with van der Waals surface area (Å²) in [6.07, 6.45) is 6.21. The summed E-state index contributed by atoms with van der Waals surface area (Å²) in [7, 11) is 1.65. The van der Waals surface area contributed by atoms with E-state index in [-0.39, 0.29) is 5.92 Å². The smallest absolute Gasteiger partial charge is 0.136 e. The fourth-order valence-electron chi connectivity index (χ4n) is 3.14. The van der Waals surface area contributed by atoms with Gasteiger partial charge in [0.05, 0.1) is 13.7 Å². The molecule has 1 aromatic carbocycles. The summed E-state index contributed by atoms with van der Waals surface area (Å²) in [4.78, 5) is 12.0. The summed E-state index contributed by atoms with van der Waals surface area (Å²) in [6, 6.07) is 7.58. The molecule has 116 valence electrons. The zero-order valence-corrected chi connectivity index (χ0v) is 13.1. The SMILES string of the molecule is CCCC1CCC(=O)C(CCOc2ccc(OC)cc2)C1. The van der Waals surface area contributed by atoms with Gasteiger partial charge in [0.15, 0.2) is 0 Å². The Morgan fingerprint density at radius 1 is 1.14 bits per heavy atom. The molecule has 1 fully saturated rings. The third kappa shape index (κ3) is 4.76. The molecule has 0 aliphatic heterocycles. The molecule has 3 nitrogen and oxygen atoms in total. The van der Waals surface area contributed by atoms with Crippen LogP contribution in [0.5, 0.6) is 11.5 Å². The largest absolute Gasteiger partial charge is 0.497 e. The molecule has 1 aliphatic carbocycles. The molecule has 0 N–H and O–H groups in total. The Morgan fingerprint density at radius 2 is 1.86 bits per heavy atom. The molecule has 0 radical (unpaired) electrons. The van der Waals surface area contributed by atoms with E-state index >= 15 is 0 Å². The summed E-state index contributed by atoms with van der Waals surface area (Å²) in [5, 5.41) is 0. The number of Topliss-reactive ketones (excluding diaryl/α,β-unsaturated/α-hetero) is 1. The van der Waals surface area contributed by atoms with E-state index in [1.807, 2.05) is 24.3 Å². The summed E-state index contributed by atoms with van der Waals surface area (Å²) >= 11 is 0. The first-order valence-corrected chi connectivity index (χ1v) is 8.02. The Morgan fingerprint density at radius 3 is 2.52 bits per heavy atom. The van der Waals surface area contributed by atoms with Gasteiger partial charge < -0.3 is 9.47 Å². The van der Waals surface area contributed by atoms with Crippen LogP contribution in [0.15, 0.2) is 24.3 Å². The molecule has 1 aliphatic rings. The minimum absolute atomic E-state index is 0.202. The lowest BCUT2D eigenvalue weighted by atomic mass is 9.77. The topological polar surface area (TPSA) is 35.5 Å². The van der Waals surface area contributed by atoms with Crippen molar-refractivity contribution in [3.05, 3.63) is 24.3 Å². The van der Waals surface area contributed by atoms with Gasteiger partial charge in [-0.25, -0.2) is 0 Å². The van der Waals surface area contributed by atoms with Crippen LogP contribution in [0.1, 0.15) is 45.4 Å². The number of hydrogen-bond acceptors (Lipinski definition) is 3. The van der Waals surface area contributed by atoms with E-state index < -0.39 is 0 Å². The lowest BCUT2D eigenvalue weighted by Gasteiger charge is -2.27. The quantitative estimate of drug-likeness (QED) is 0.753. The summed E-state index contributed by atoms with van der Waals surface area (Å²) in [6.45, 7) is 2.83. The van der Waals surface area contributed by atoms with Gasteiger partial charge in [-0.1, -0.05) is 19.8 Å². The van der Waals surface area contributed by atoms with Gasteiger partial charge in [-0.3, -0.25) is 4.79 Å². The Bertz CT molecular complexity index is 438. The van der Waals surface area contributed by atoms with Crippen molar-refractivity contribution in [3.8, 4) is 11.5 Å². The highest BCUT2D eigenvalue weighted by Gasteiger charge is 2.27. The molecular weight excluding hydrogens is 264 g/mol. The lowest BCUT2D eigenvalue weighted by molar-refractivity contribution is -0.126. The van der Waals surface area contributed by atoms with Crippen molar-refractivity contribution in [1.82, 2.24) is 0 Å². The van der Waals surface area contributed by atoms with Crippen LogP contribution in [0, 0.1) is 11.8 Å². The van der Waals surface area contributed by atoms with Crippen LogP contribution in [0.2, 0.25) is 0 Å². The van der Waals surface area contributed by atoms with E-state index in [2.05, 4.69) is 6.92 Å². The van der Waals surface area contributed by atoms with Crippen molar-refractivity contribution < 1.29 is 14.3 Å². The molecule has 3 heteroatoms. The molecule has 0 aromatic heterocycles. The third-order valence-electron chi connectivity index (χ3n) is 4.36. The Hall–Kier alpha value is -1.51. The number of ketones is 1. The zero-order valence-electron chi connectivity index (χ0n) is 13.1. The number of methoxy groups -OCH3 is 1. The zero-order chi connectivity index (χ0) is 15.1. The second-order valence-electron chi connectivity index (χ2n) is 5.90. The normalized spacial score (nSPS) is 22.1. The first-order valence-electron chi connectivity index (χ1n) is 8.02. The summed E-state index contributed by atoms with van der Waals surface area (Å²) in [5.41, 5.74) is 0. The van der Waals surface area contributed by atoms with Gasteiger partial charge in [0.25, 0.3) is 0 Å². The van der Waals surface area contributed by atoms with E-state index in [4.69, 9.17) is 9.47 Å². The van der Waals surface area contributed by atoms with Gasteiger partial charge in [-0.15, -0.1) is 0 Å². The van der Waals surface area contributed by atoms with Crippen molar-refractivity contribution in [3.63, 3.8) is 0 Å². The van der Waals surface area contributed by atoms with Crippen LogP contribution < -0.4 is 9.47 Å². The monoisotopic (exact) mass is 290 g/mol. The fourth-order valence-corrected chi connectivity index (χ4v) is 3.14. The van der Waals surface area contributed by atoms with E-state index in [9.17, 15) is 4.79 Å². The number of ether oxygens (including phenoxy) is 2. The molecule has 0 heterocycles. The van der Waals surface area contributed by atoms with Gasteiger partial charge >= 0.3 is 0 Å². The molecule has 21 heavy (non-hydrogen) atoms. The van der Waals surface area contributed by atoms with Crippen molar-refractivity contribution in [1.29, 1.82) is 0 Å². The van der Waals surface area contributed by atoms with E-state index in [1.165, 1.54) is 12.8 Å². The number of rotatable bonds is 7. The van der Waals surface area contributed by atoms with E-state index in [1.54, 1.807) is 7.11 Å².